The van der Waals surface area contributed by atoms with E-state index in [9.17, 15) is 18.0 Å². The molecule has 0 aliphatic carbocycles. The van der Waals surface area contributed by atoms with Crippen LogP contribution in [0.25, 0.3) is 5.69 Å². The van der Waals surface area contributed by atoms with Gasteiger partial charge in [-0.05, 0) is 35.4 Å². The highest BCUT2D eigenvalue weighted by Crippen LogP contribution is 2.29. The van der Waals surface area contributed by atoms with Crippen LogP contribution in [0.3, 0.4) is 0 Å². The number of nitrogens with one attached hydrogen (secondary N) is 1. The zero-order chi connectivity index (χ0) is 18.6. The molecule has 4 nitrogen and oxygen atoms in total. The highest BCUT2D eigenvalue weighted by Gasteiger charge is 2.30. The lowest BCUT2D eigenvalue weighted by Crippen LogP contribution is -2.24. The van der Waals surface area contributed by atoms with E-state index in [1.54, 1.807) is 23.1 Å². The van der Waals surface area contributed by atoms with Gasteiger partial charge in [0.25, 0.3) is 0 Å². The number of nitrogens with zero attached hydrogens (tertiary/aromatic N) is 2. The molecule has 0 atom stereocenters. The van der Waals surface area contributed by atoms with Crippen molar-refractivity contribution in [3.8, 4) is 5.69 Å². The van der Waals surface area contributed by atoms with Gasteiger partial charge in [0, 0.05) is 12.7 Å². The predicted octanol–water partition coefficient (Wildman–Crippen LogP) is 3.75. The van der Waals surface area contributed by atoms with E-state index < -0.39 is 11.7 Å². The van der Waals surface area contributed by atoms with Crippen LogP contribution >= 0.6 is 0 Å². The molecule has 7 heteroatoms. The van der Waals surface area contributed by atoms with Crippen LogP contribution in [0, 0.1) is 0 Å². The van der Waals surface area contributed by atoms with Crippen LogP contribution in [0.1, 0.15) is 16.7 Å². The van der Waals surface area contributed by atoms with Crippen LogP contribution in [-0.2, 0) is 23.9 Å². The van der Waals surface area contributed by atoms with Crippen molar-refractivity contribution < 1.29 is 18.0 Å². The molecule has 0 bridgehead atoms. The van der Waals surface area contributed by atoms with Gasteiger partial charge in [0.2, 0.25) is 5.91 Å². The van der Waals surface area contributed by atoms with E-state index in [2.05, 4.69) is 10.4 Å². The lowest BCUT2D eigenvalue weighted by molar-refractivity contribution is -0.137. The maximum absolute atomic E-state index is 12.7. The molecule has 0 saturated heterocycles. The summed E-state index contributed by atoms with van der Waals surface area (Å²) in [6.45, 7) is 0.0373. The molecular formula is C19H16F3N3O. The van der Waals surface area contributed by atoms with E-state index in [1.807, 2.05) is 30.3 Å². The largest absolute Gasteiger partial charge is 0.416 e. The molecular weight excluding hydrogens is 343 g/mol. The van der Waals surface area contributed by atoms with Crippen LogP contribution < -0.4 is 5.32 Å². The topological polar surface area (TPSA) is 46.9 Å². The highest BCUT2D eigenvalue weighted by molar-refractivity contribution is 5.78. The van der Waals surface area contributed by atoms with Gasteiger partial charge in [0.15, 0.2) is 0 Å². The summed E-state index contributed by atoms with van der Waals surface area (Å²) in [5.74, 6) is -0.282. The second-order valence-corrected chi connectivity index (χ2v) is 5.78. The van der Waals surface area contributed by atoms with E-state index in [0.717, 1.165) is 23.4 Å². The Morgan fingerprint density at radius 1 is 1.04 bits per heavy atom. The van der Waals surface area contributed by atoms with Gasteiger partial charge in [-0.2, -0.15) is 18.3 Å². The van der Waals surface area contributed by atoms with Gasteiger partial charge in [-0.1, -0.05) is 30.3 Å². The molecule has 3 rings (SSSR count). The second-order valence-electron chi connectivity index (χ2n) is 5.78. The number of amides is 1. The van der Waals surface area contributed by atoms with Crippen molar-refractivity contribution in [1.29, 1.82) is 0 Å². The molecule has 1 aromatic heterocycles. The Hall–Kier alpha value is -3.09. The average Bonchev–Trinajstić information content (AvgIpc) is 3.09. The monoisotopic (exact) mass is 359 g/mol. The lowest BCUT2D eigenvalue weighted by Gasteiger charge is -2.09. The predicted molar refractivity (Wildman–Crippen MR) is 90.6 cm³/mol. The Bertz CT molecular complexity index is 888. The fourth-order valence-corrected chi connectivity index (χ4v) is 2.48. The van der Waals surface area contributed by atoms with Gasteiger partial charge in [-0.15, -0.1) is 0 Å². The molecule has 2 aromatic carbocycles. The van der Waals surface area contributed by atoms with Crippen LogP contribution in [-0.4, -0.2) is 15.7 Å². The number of alkyl halides is 3. The van der Waals surface area contributed by atoms with Crippen LogP contribution in [0.5, 0.6) is 0 Å². The van der Waals surface area contributed by atoms with Gasteiger partial charge in [0.05, 0.1) is 23.9 Å². The first-order chi connectivity index (χ1) is 12.4. The summed E-state index contributed by atoms with van der Waals surface area (Å²) in [7, 11) is 0. The molecule has 0 fully saturated rings. The van der Waals surface area contributed by atoms with Crippen LogP contribution in [0.2, 0.25) is 0 Å². The van der Waals surface area contributed by atoms with E-state index >= 15 is 0 Å². The van der Waals surface area contributed by atoms with Crippen molar-refractivity contribution in [2.75, 3.05) is 0 Å². The first kappa shape index (κ1) is 17.7. The number of carbonyl (C=O) groups excluding carboxylic acids is 1. The number of hydrogen-bond donors (Lipinski definition) is 1. The fourth-order valence-electron chi connectivity index (χ4n) is 2.48. The fraction of sp³-hybridized carbons (Fsp3) is 0.158. The van der Waals surface area contributed by atoms with Crippen molar-refractivity contribution in [2.45, 2.75) is 19.1 Å². The Balaban J connectivity index is 1.58. The molecule has 26 heavy (non-hydrogen) atoms. The van der Waals surface area contributed by atoms with Crippen molar-refractivity contribution in [1.82, 2.24) is 15.1 Å². The van der Waals surface area contributed by atoms with Crippen molar-refractivity contribution in [3.05, 3.63) is 83.7 Å². The number of benzene rings is 2. The van der Waals surface area contributed by atoms with Gasteiger partial charge < -0.3 is 5.32 Å². The highest BCUT2D eigenvalue weighted by atomic mass is 19.4. The molecule has 0 spiro atoms. The van der Waals surface area contributed by atoms with Crippen molar-refractivity contribution >= 4 is 5.91 Å². The Morgan fingerprint density at radius 3 is 2.54 bits per heavy atom. The summed E-state index contributed by atoms with van der Waals surface area (Å²) in [5.41, 5.74) is 1.26. The minimum atomic E-state index is -4.40. The molecule has 0 unspecified atom stereocenters. The molecule has 0 aliphatic rings. The number of carbonyl (C=O) groups is 1. The normalized spacial score (nSPS) is 11.3. The minimum Gasteiger partial charge on any atom is -0.352 e. The third kappa shape index (κ3) is 4.50. The Labute approximate surface area is 148 Å². The second kappa shape index (κ2) is 7.43. The standard InChI is InChI=1S/C19H16F3N3O/c20-19(21,22)16-6-4-5-14(9-16)11-23-18(26)10-15-12-24-25(13-15)17-7-2-1-3-8-17/h1-9,12-13H,10-11H2,(H,23,26). The molecule has 0 radical (unpaired) electrons. The maximum atomic E-state index is 12.7. The van der Waals surface area contributed by atoms with E-state index in [4.69, 9.17) is 0 Å². The van der Waals surface area contributed by atoms with Crippen molar-refractivity contribution in [3.63, 3.8) is 0 Å². The maximum Gasteiger partial charge on any atom is 0.416 e. The Kier molecular flexibility index (Phi) is 5.06. The molecule has 1 amide bonds. The molecule has 0 saturated carbocycles. The van der Waals surface area contributed by atoms with Gasteiger partial charge in [-0.3, -0.25) is 4.79 Å². The van der Waals surface area contributed by atoms with Crippen LogP contribution in [0.15, 0.2) is 67.0 Å². The summed E-state index contributed by atoms with van der Waals surface area (Å²) >= 11 is 0. The number of hydrogen-bond acceptors (Lipinski definition) is 2. The molecule has 0 aliphatic heterocycles. The number of halogens is 3. The third-order valence-electron chi connectivity index (χ3n) is 3.77. The summed E-state index contributed by atoms with van der Waals surface area (Å²) < 4.78 is 39.8. The lowest BCUT2D eigenvalue weighted by atomic mass is 10.1. The quantitative estimate of drug-likeness (QED) is 0.754. The first-order valence-corrected chi connectivity index (χ1v) is 7.93. The first-order valence-electron chi connectivity index (χ1n) is 7.93. The smallest absolute Gasteiger partial charge is 0.352 e. The average molecular weight is 359 g/mol. The van der Waals surface area contributed by atoms with E-state index in [0.29, 0.717) is 5.56 Å². The zero-order valence-electron chi connectivity index (χ0n) is 13.7. The third-order valence-corrected chi connectivity index (χ3v) is 3.77. The molecule has 1 N–H and O–H groups in total. The van der Waals surface area contributed by atoms with Crippen LogP contribution in [0.4, 0.5) is 13.2 Å². The Morgan fingerprint density at radius 2 is 1.81 bits per heavy atom. The number of para-hydroxylation sites is 1. The van der Waals surface area contributed by atoms with Gasteiger partial charge in [0.1, 0.15) is 0 Å². The van der Waals surface area contributed by atoms with Crippen molar-refractivity contribution in [2.24, 2.45) is 0 Å². The summed E-state index contributed by atoms with van der Waals surface area (Å²) in [4.78, 5) is 12.0. The SMILES string of the molecule is O=C(Cc1cnn(-c2ccccc2)c1)NCc1cccc(C(F)(F)F)c1. The summed E-state index contributed by atoms with van der Waals surface area (Å²) in [5, 5.41) is 6.84. The molecule has 134 valence electrons. The summed E-state index contributed by atoms with van der Waals surface area (Å²) in [6, 6.07) is 14.4. The van der Waals surface area contributed by atoms with Gasteiger partial charge >= 0.3 is 6.18 Å². The molecule has 3 aromatic rings. The number of rotatable bonds is 5. The van der Waals surface area contributed by atoms with Gasteiger partial charge in [-0.25, -0.2) is 4.68 Å². The number of aromatic nitrogens is 2. The minimum absolute atomic E-state index is 0.0373. The molecule has 1 heterocycles. The van der Waals surface area contributed by atoms with E-state index in [1.165, 1.54) is 6.07 Å². The zero-order valence-corrected chi connectivity index (χ0v) is 13.7. The summed E-state index contributed by atoms with van der Waals surface area (Å²) in [6.07, 6.45) is -0.951. The van der Waals surface area contributed by atoms with E-state index in [-0.39, 0.29) is 18.9 Å².